The lowest BCUT2D eigenvalue weighted by atomic mass is 9.97. The van der Waals surface area contributed by atoms with E-state index in [4.69, 9.17) is 23.2 Å². The van der Waals surface area contributed by atoms with E-state index in [1.807, 2.05) is 6.92 Å². The lowest BCUT2D eigenvalue weighted by Gasteiger charge is -2.33. The Morgan fingerprint density at radius 1 is 1.16 bits per heavy atom. The van der Waals surface area contributed by atoms with Gasteiger partial charge < -0.3 is 10.6 Å². The first-order chi connectivity index (χ1) is 14.6. The van der Waals surface area contributed by atoms with Gasteiger partial charge in [0, 0.05) is 28.2 Å². The molecule has 162 valence electrons. The topological polar surface area (TPSA) is 59.0 Å². The van der Waals surface area contributed by atoms with Crippen LogP contribution in [0.1, 0.15) is 40.1 Å². The van der Waals surface area contributed by atoms with Gasteiger partial charge in [0.25, 0.3) is 5.91 Å². The number of aryl methyl sites for hydroxylation is 1. The second-order valence-electron chi connectivity index (χ2n) is 7.32. The molecule has 0 aliphatic carbocycles. The Balaban J connectivity index is 1.63. The number of alkyl halides is 3. The molecule has 2 N–H and O–H groups in total. The largest absolute Gasteiger partial charge is 0.410 e. The number of fused-ring (bicyclic) bond motifs is 1. The highest BCUT2D eigenvalue weighted by atomic mass is 35.5. The molecular weight excluding hydrogens is 452 g/mol. The van der Waals surface area contributed by atoms with Crippen LogP contribution in [0.3, 0.4) is 0 Å². The number of carbonyl (C=O) groups is 1. The third-order valence-corrected chi connectivity index (χ3v) is 5.78. The van der Waals surface area contributed by atoms with E-state index in [0.717, 1.165) is 10.2 Å². The zero-order chi connectivity index (χ0) is 22.3. The minimum atomic E-state index is -4.54. The molecule has 1 aliphatic heterocycles. The first kappa shape index (κ1) is 21.5. The summed E-state index contributed by atoms with van der Waals surface area (Å²) >= 11 is 12.0. The average Bonchev–Trinajstić information content (AvgIpc) is 3.14. The van der Waals surface area contributed by atoms with E-state index in [-0.39, 0.29) is 17.9 Å². The van der Waals surface area contributed by atoms with E-state index < -0.39 is 24.2 Å². The molecule has 0 radical (unpaired) electrons. The molecule has 3 aromatic rings. The maximum Gasteiger partial charge on any atom is 0.410 e. The van der Waals surface area contributed by atoms with Crippen molar-refractivity contribution < 1.29 is 18.0 Å². The summed E-state index contributed by atoms with van der Waals surface area (Å²) in [6.07, 6.45) is -4.81. The minimum Gasteiger partial charge on any atom is -0.363 e. The molecule has 10 heteroatoms. The van der Waals surface area contributed by atoms with Crippen molar-refractivity contribution in [3.05, 3.63) is 75.4 Å². The van der Waals surface area contributed by atoms with Gasteiger partial charge in [-0.2, -0.15) is 18.3 Å². The van der Waals surface area contributed by atoms with Gasteiger partial charge in [0.2, 0.25) is 0 Å². The minimum absolute atomic E-state index is 0.112. The molecular formula is C21H17Cl2F3N4O. The smallest absolute Gasteiger partial charge is 0.363 e. The van der Waals surface area contributed by atoms with Crippen molar-refractivity contribution in [2.24, 2.45) is 0 Å². The highest BCUT2D eigenvalue weighted by molar-refractivity contribution is 6.31. The van der Waals surface area contributed by atoms with E-state index >= 15 is 0 Å². The third-order valence-electron chi connectivity index (χ3n) is 5.12. The second kappa shape index (κ2) is 8.09. The molecule has 1 amide bonds. The summed E-state index contributed by atoms with van der Waals surface area (Å²) in [5, 5.41) is 10.6. The van der Waals surface area contributed by atoms with Gasteiger partial charge in [-0.25, -0.2) is 4.68 Å². The molecule has 1 aromatic heterocycles. The number of halogens is 5. The standard InChI is InChI=1S/C21H17Cl2F3N4O/c1-11-2-7-14(8-15(11)23)27-20(31)17-10-19-28-16(12-3-5-13(22)6-4-12)9-18(21(24,25)26)30(19)29-17/h2-8,10,16,18,28H,9H2,1H3,(H,27,31)/t16-,18-/m0/s1. The molecule has 5 nitrogen and oxygen atoms in total. The Labute approximate surface area is 186 Å². The summed E-state index contributed by atoms with van der Waals surface area (Å²) in [5.41, 5.74) is 1.78. The van der Waals surface area contributed by atoms with Gasteiger partial charge in [0.05, 0.1) is 6.04 Å². The van der Waals surface area contributed by atoms with Crippen molar-refractivity contribution in [1.82, 2.24) is 9.78 Å². The third kappa shape index (κ3) is 4.50. The monoisotopic (exact) mass is 468 g/mol. The summed E-state index contributed by atoms with van der Waals surface area (Å²) in [4.78, 5) is 12.6. The summed E-state index contributed by atoms with van der Waals surface area (Å²) in [5.74, 6) is -0.520. The lowest BCUT2D eigenvalue weighted by molar-refractivity contribution is -0.173. The summed E-state index contributed by atoms with van der Waals surface area (Å²) < 4.78 is 42.2. The molecule has 0 unspecified atom stereocenters. The second-order valence-corrected chi connectivity index (χ2v) is 8.16. The molecule has 2 heterocycles. The van der Waals surface area contributed by atoms with Crippen LogP contribution in [0.2, 0.25) is 10.0 Å². The molecule has 4 rings (SSSR count). The predicted octanol–water partition coefficient (Wildman–Crippen LogP) is 6.41. The number of anilines is 2. The number of hydrogen-bond donors (Lipinski definition) is 2. The lowest BCUT2D eigenvalue weighted by Crippen LogP contribution is -2.35. The van der Waals surface area contributed by atoms with Crippen LogP contribution in [0.15, 0.2) is 48.5 Å². The Morgan fingerprint density at radius 3 is 2.52 bits per heavy atom. The van der Waals surface area contributed by atoms with E-state index in [1.165, 1.54) is 6.07 Å². The number of benzene rings is 2. The van der Waals surface area contributed by atoms with Gasteiger partial charge in [-0.05, 0) is 42.3 Å². The van der Waals surface area contributed by atoms with Gasteiger partial charge >= 0.3 is 6.18 Å². The van der Waals surface area contributed by atoms with Crippen LogP contribution in [0.4, 0.5) is 24.7 Å². The van der Waals surface area contributed by atoms with Crippen molar-refractivity contribution >= 4 is 40.6 Å². The van der Waals surface area contributed by atoms with E-state index in [2.05, 4.69) is 15.7 Å². The molecule has 0 saturated heterocycles. The number of nitrogens with one attached hydrogen (secondary N) is 2. The Morgan fingerprint density at radius 2 is 1.87 bits per heavy atom. The van der Waals surface area contributed by atoms with Gasteiger partial charge in [-0.1, -0.05) is 41.4 Å². The molecule has 2 atom stereocenters. The Kier molecular flexibility index (Phi) is 5.61. The SMILES string of the molecule is Cc1ccc(NC(=O)c2cc3n(n2)[C@H](C(F)(F)F)C[C@@H](c2ccc(Cl)cc2)N3)cc1Cl. The van der Waals surface area contributed by atoms with Crippen LogP contribution in [-0.2, 0) is 0 Å². The molecule has 0 saturated carbocycles. The van der Waals surface area contributed by atoms with Gasteiger partial charge in [0.1, 0.15) is 5.82 Å². The first-order valence-electron chi connectivity index (χ1n) is 9.37. The number of aromatic nitrogens is 2. The average molecular weight is 469 g/mol. The van der Waals surface area contributed by atoms with Gasteiger partial charge in [0.15, 0.2) is 11.7 Å². The number of amides is 1. The van der Waals surface area contributed by atoms with Crippen LogP contribution in [0, 0.1) is 6.92 Å². The van der Waals surface area contributed by atoms with Crippen molar-refractivity contribution in [2.75, 3.05) is 10.6 Å². The quantitative estimate of drug-likeness (QED) is 0.466. The summed E-state index contributed by atoms with van der Waals surface area (Å²) in [6.45, 7) is 1.82. The fraction of sp³-hybridized carbons (Fsp3) is 0.238. The van der Waals surface area contributed by atoms with E-state index in [1.54, 1.807) is 42.5 Å². The van der Waals surface area contributed by atoms with Crippen molar-refractivity contribution in [3.63, 3.8) is 0 Å². The number of hydrogen-bond acceptors (Lipinski definition) is 3. The zero-order valence-corrected chi connectivity index (χ0v) is 17.7. The van der Waals surface area contributed by atoms with Crippen molar-refractivity contribution in [1.29, 1.82) is 0 Å². The van der Waals surface area contributed by atoms with Crippen molar-refractivity contribution in [3.8, 4) is 0 Å². The fourth-order valence-electron chi connectivity index (χ4n) is 3.46. The maximum atomic E-state index is 13.8. The molecule has 1 aliphatic rings. The van der Waals surface area contributed by atoms with Gasteiger partial charge in [-0.15, -0.1) is 0 Å². The van der Waals surface area contributed by atoms with Crippen LogP contribution in [0.5, 0.6) is 0 Å². The first-order valence-corrected chi connectivity index (χ1v) is 10.1. The summed E-state index contributed by atoms with van der Waals surface area (Å²) in [6, 6.07) is 10.4. The number of rotatable bonds is 3. The molecule has 2 aromatic carbocycles. The fourth-order valence-corrected chi connectivity index (χ4v) is 3.77. The number of nitrogens with zero attached hydrogens (tertiary/aromatic N) is 2. The highest BCUT2D eigenvalue weighted by Gasteiger charge is 2.46. The van der Waals surface area contributed by atoms with Crippen LogP contribution < -0.4 is 10.6 Å². The van der Waals surface area contributed by atoms with Crippen molar-refractivity contribution in [2.45, 2.75) is 31.6 Å². The normalized spacial score (nSPS) is 18.3. The van der Waals surface area contributed by atoms with Crippen LogP contribution in [0.25, 0.3) is 0 Å². The zero-order valence-electron chi connectivity index (χ0n) is 16.2. The Bertz CT molecular complexity index is 1130. The Hall–Kier alpha value is -2.71. The van der Waals surface area contributed by atoms with Crippen LogP contribution >= 0.6 is 23.2 Å². The van der Waals surface area contributed by atoms with Gasteiger partial charge in [-0.3, -0.25) is 4.79 Å². The van der Waals surface area contributed by atoms with E-state index in [9.17, 15) is 18.0 Å². The maximum absolute atomic E-state index is 13.8. The molecule has 0 spiro atoms. The predicted molar refractivity (Wildman–Crippen MR) is 114 cm³/mol. The molecule has 31 heavy (non-hydrogen) atoms. The highest BCUT2D eigenvalue weighted by Crippen LogP contribution is 2.43. The van der Waals surface area contributed by atoms with Crippen LogP contribution in [-0.4, -0.2) is 21.9 Å². The number of carbonyl (C=O) groups excluding carboxylic acids is 1. The molecule has 0 bridgehead atoms. The summed E-state index contributed by atoms with van der Waals surface area (Å²) in [7, 11) is 0. The van der Waals surface area contributed by atoms with E-state index in [0.29, 0.717) is 21.3 Å². The molecule has 0 fully saturated rings.